The zero-order valence-corrected chi connectivity index (χ0v) is 11.4. The van der Waals surface area contributed by atoms with Gasteiger partial charge in [0.2, 0.25) is 0 Å². The van der Waals surface area contributed by atoms with Gasteiger partial charge in [0, 0.05) is 18.4 Å². The largest absolute Gasteiger partial charge is 0.493 e. The van der Waals surface area contributed by atoms with Crippen LogP contribution in [0.5, 0.6) is 11.5 Å². The highest BCUT2D eigenvalue weighted by Crippen LogP contribution is 2.31. The number of ether oxygens (including phenoxy) is 3. The van der Waals surface area contributed by atoms with Gasteiger partial charge in [-0.3, -0.25) is 0 Å². The van der Waals surface area contributed by atoms with Crippen molar-refractivity contribution in [2.24, 2.45) is 0 Å². The van der Waals surface area contributed by atoms with E-state index in [-0.39, 0.29) is 19.3 Å². The number of hydrogen-bond acceptors (Lipinski definition) is 5. The average molecular weight is 267 g/mol. The van der Waals surface area contributed by atoms with Crippen molar-refractivity contribution < 1.29 is 19.3 Å². The molecule has 1 heterocycles. The van der Waals surface area contributed by atoms with Gasteiger partial charge in [0.1, 0.15) is 6.61 Å². The van der Waals surface area contributed by atoms with E-state index in [9.17, 15) is 0 Å². The van der Waals surface area contributed by atoms with E-state index in [1.54, 1.807) is 7.11 Å². The lowest BCUT2D eigenvalue weighted by Gasteiger charge is -2.19. The lowest BCUT2D eigenvalue weighted by molar-refractivity contribution is 0.121. The molecule has 0 amide bonds. The molecule has 0 spiro atoms. The third kappa shape index (κ3) is 3.52. The Morgan fingerprint density at radius 1 is 1.42 bits per heavy atom. The Hall–Kier alpha value is -1.46. The fourth-order valence-corrected chi connectivity index (χ4v) is 2.17. The summed E-state index contributed by atoms with van der Waals surface area (Å²) in [5.41, 5.74) is 0.969. The predicted molar refractivity (Wildman–Crippen MR) is 73.0 cm³/mol. The first-order valence-electron chi connectivity index (χ1n) is 6.54. The number of anilines is 1. The minimum atomic E-state index is -0.0195. The Kier molecular flexibility index (Phi) is 4.87. The van der Waals surface area contributed by atoms with Gasteiger partial charge in [0.15, 0.2) is 11.5 Å². The van der Waals surface area contributed by atoms with Crippen LogP contribution < -0.4 is 14.8 Å². The van der Waals surface area contributed by atoms with Crippen LogP contribution in [0, 0.1) is 0 Å². The van der Waals surface area contributed by atoms with Crippen molar-refractivity contribution in [2.75, 3.05) is 32.2 Å². The molecule has 1 fully saturated rings. The van der Waals surface area contributed by atoms with Gasteiger partial charge in [-0.25, -0.2) is 0 Å². The molecule has 2 unspecified atom stereocenters. The van der Waals surface area contributed by atoms with Crippen LogP contribution in [0.15, 0.2) is 18.2 Å². The monoisotopic (exact) mass is 267 g/mol. The van der Waals surface area contributed by atoms with Gasteiger partial charge in [-0.05, 0) is 25.5 Å². The molecular weight excluding hydrogens is 246 g/mol. The number of aliphatic hydroxyl groups is 1. The van der Waals surface area contributed by atoms with Crippen LogP contribution in [0.1, 0.15) is 13.3 Å². The number of aliphatic hydroxyl groups excluding tert-OH is 1. The van der Waals surface area contributed by atoms with Crippen molar-refractivity contribution in [2.45, 2.75) is 25.5 Å². The molecule has 106 valence electrons. The summed E-state index contributed by atoms with van der Waals surface area (Å²) in [6.45, 7) is 3.09. The number of methoxy groups -OCH3 is 1. The van der Waals surface area contributed by atoms with Gasteiger partial charge in [-0.15, -0.1) is 0 Å². The first-order valence-corrected chi connectivity index (χ1v) is 6.54. The van der Waals surface area contributed by atoms with Crippen molar-refractivity contribution >= 4 is 5.69 Å². The highest BCUT2D eigenvalue weighted by Gasteiger charge is 2.24. The van der Waals surface area contributed by atoms with E-state index in [1.807, 2.05) is 18.2 Å². The lowest BCUT2D eigenvalue weighted by Crippen LogP contribution is -2.26. The predicted octanol–water partition coefficient (Wildman–Crippen LogP) is 1.66. The zero-order chi connectivity index (χ0) is 13.7. The van der Waals surface area contributed by atoms with Gasteiger partial charge in [0.05, 0.1) is 25.9 Å². The summed E-state index contributed by atoms with van der Waals surface area (Å²) in [6, 6.07) is 6.02. The zero-order valence-electron chi connectivity index (χ0n) is 11.4. The topological polar surface area (TPSA) is 60.0 Å². The molecule has 1 aliphatic rings. The van der Waals surface area contributed by atoms with Gasteiger partial charge in [0.25, 0.3) is 0 Å². The van der Waals surface area contributed by atoms with E-state index in [0.717, 1.165) is 18.7 Å². The maximum atomic E-state index is 8.83. The summed E-state index contributed by atoms with van der Waals surface area (Å²) in [5.74, 6) is 1.29. The summed E-state index contributed by atoms with van der Waals surface area (Å²) >= 11 is 0. The SMILES string of the molecule is COc1ccc(NC2CCOC2C)cc1OCCO. The Balaban J connectivity index is 2.08. The van der Waals surface area contributed by atoms with E-state index in [2.05, 4.69) is 12.2 Å². The minimum Gasteiger partial charge on any atom is -0.493 e. The molecule has 0 radical (unpaired) electrons. The molecule has 0 aromatic heterocycles. The van der Waals surface area contributed by atoms with Crippen LogP contribution in [0.25, 0.3) is 0 Å². The van der Waals surface area contributed by atoms with Crippen molar-refractivity contribution in [1.82, 2.24) is 0 Å². The minimum absolute atomic E-state index is 0.0195. The molecule has 0 saturated carbocycles. The van der Waals surface area contributed by atoms with Crippen LogP contribution in [0.2, 0.25) is 0 Å². The fourth-order valence-electron chi connectivity index (χ4n) is 2.17. The van der Waals surface area contributed by atoms with Crippen LogP contribution in [-0.2, 0) is 4.74 Å². The molecule has 19 heavy (non-hydrogen) atoms. The van der Waals surface area contributed by atoms with E-state index >= 15 is 0 Å². The Morgan fingerprint density at radius 2 is 2.26 bits per heavy atom. The summed E-state index contributed by atoms with van der Waals surface area (Å²) in [6.07, 6.45) is 1.21. The van der Waals surface area contributed by atoms with Crippen LogP contribution >= 0.6 is 0 Å². The highest BCUT2D eigenvalue weighted by molar-refractivity contribution is 5.55. The summed E-state index contributed by atoms with van der Waals surface area (Å²) in [4.78, 5) is 0. The summed E-state index contributed by atoms with van der Waals surface area (Å²) in [5, 5.41) is 12.3. The molecule has 1 aromatic rings. The second-order valence-electron chi connectivity index (χ2n) is 4.55. The first-order chi connectivity index (χ1) is 9.24. The molecule has 5 nitrogen and oxygen atoms in total. The third-order valence-electron chi connectivity index (χ3n) is 3.24. The van der Waals surface area contributed by atoms with Crippen molar-refractivity contribution in [3.8, 4) is 11.5 Å². The molecule has 2 rings (SSSR count). The van der Waals surface area contributed by atoms with Crippen LogP contribution in [-0.4, -0.2) is 44.2 Å². The van der Waals surface area contributed by atoms with E-state index in [0.29, 0.717) is 17.5 Å². The standard InChI is InChI=1S/C14H21NO4/c1-10-12(5-7-18-10)15-11-3-4-13(17-2)14(9-11)19-8-6-16/h3-4,9-10,12,15-16H,5-8H2,1-2H3. The van der Waals surface area contributed by atoms with Gasteiger partial charge >= 0.3 is 0 Å². The van der Waals surface area contributed by atoms with Crippen molar-refractivity contribution in [1.29, 1.82) is 0 Å². The van der Waals surface area contributed by atoms with Crippen LogP contribution in [0.3, 0.4) is 0 Å². The molecule has 0 bridgehead atoms. The third-order valence-corrected chi connectivity index (χ3v) is 3.24. The van der Waals surface area contributed by atoms with Crippen molar-refractivity contribution in [3.63, 3.8) is 0 Å². The molecule has 2 atom stereocenters. The number of benzene rings is 1. The van der Waals surface area contributed by atoms with Gasteiger partial charge < -0.3 is 24.6 Å². The molecular formula is C14H21NO4. The molecule has 1 aromatic carbocycles. The molecule has 5 heteroatoms. The van der Waals surface area contributed by atoms with Gasteiger partial charge in [-0.1, -0.05) is 0 Å². The normalized spacial score (nSPS) is 22.3. The van der Waals surface area contributed by atoms with E-state index in [4.69, 9.17) is 19.3 Å². The number of rotatable bonds is 6. The average Bonchev–Trinajstić information content (AvgIpc) is 2.82. The Bertz CT molecular complexity index is 410. The molecule has 1 saturated heterocycles. The van der Waals surface area contributed by atoms with Crippen LogP contribution in [0.4, 0.5) is 5.69 Å². The molecule has 2 N–H and O–H groups in total. The van der Waals surface area contributed by atoms with E-state index in [1.165, 1.54) is 0 Å². The Morgan fingerprint density at radius 3 is 2.89 bits per heavy atom. The summed E-state index contributed by atoms with van der Waals surface area (Å²) in [7, 11) is 1.60. The second kappa shape index (κ2) is 6.63. The quantitative estimate of drug-likeness (QED) is 0.821. The fraction of sp³-hybridized carbons (Fsp3) is 0.571. The lowest BCUT2D eigenvalue weighted by atomic mass is 10.1. The van der Waals surface area contributed by atoms with Gasteiger partial charge in [-0.2, -0.15) is 0 Å². The first kappa shape index (κ1) is 14.0. The highest BCUT2D eigenvalue weighted by atomic mass is 16.5. The maximum Gasteiger partial charge on any atom is 0.163 e. The number of nitrogens with one attached hydrogen (secondary N) is 1. The second-order valence-corrected chi connectivity index (χ2v) is 4.55. The van der Waals surface area contributed by atoms with E-state index < -0.39 is 0 Å². The maximum absolute atomic E-state index is 8.83. The summed E-state index contributed by atoms with van der Waals surface area (Å²) < 4.78 is 16.2. The smallest absolute Gasteiger partial charge is 0.163 e. The molecule has 1 aliphatic heterocycles. The van der Waals surface area contributed by atoms with Crippen molar-refractivity contribution in [3.05, 3.63) is 18.2 Å². The number of hydrogen-bond donors (Lipinski definition) is 2. The Labute approximate surface area is 113 Å². The molecule has 0 aliphatic carbocycles.